The Hall–Kier alpha value is -3.32. The topological polar surface area (TPSA) is 85.3 Å². The highest BCUT2D eigenvalue weighted by Crippen LogP contribution is 2.40. The Kier molecular flexibility index (Phi) is 9.94. The third-order valence-corrected chi connectivity index (χ3v) is 6.03. The van der Waals surface area contributed by atoms with E-state index in [2.05, 4.69) is 13.8 Å². The lowest BCUT2D eigenvalue weighted by molar-refractivity contribution is -0.140. The van der Waals surface area contributed by atoms with Gasteiger partial charge in [-0.15, -0.1) is 0 Å². The van der Waals surface area contributed by atoms with Crippen molar-refractivity contribution in [3.05, 3.63) is 65.2 Å². The molecule has 1 aliphatic rings. The smallest absolute Gasteiger partial charge is 0.295 e. The van der Waals surface area contributed by atoms with E-state index < -0.39 is 17.7 Å². The summed E-state index contributed by atoms with van der Waals surface area (Å²) in [5, 5.41) is 11.3. The summed E-state index contributed by atoms with van der Waals surface area (Å²) in [4.78, 5) is 27.8. The summed E-state index contributed by atoms with van der Waals surface area (Å²) in [6.45, 7) is 8.23. The Balaban J connectivity index is 2.00. The molecule has 0 aromatic heterocycles. The summed E-state index contributed by atoms with van der Waals surface area (Å²) in [5.41, 5.74) is 1.22. The third kappa shape index (κ3) is 6.66. The number of benzene rings is 2. The summed E-state index contributed by atoms with van der Waals surface area (Å²) < 4.78 is 16.7. The molecule has 3 rings (SSSR count). The van der Waals surface area contributed by atoms with Gasteiger partial charge in [-0.1, -0.05) is 32.9 Å². The molecule has 0 spiro atoms. The number of rotatable bonds is 13. The fourth-order valence-electron chi connectivity index (χ4n) is 4.11. The quantitative estimate of drug-likeness (QED) is 0.174. The number of hydrogen-bond donors (Lipinski definition) is 1. The van der Waals surface area contributed by atoms with Gasteiger partial charge in [0.1, 0.15) is 17.3 Å². The highest BCUT2D eigenvalue weighted by molar-refractivity contribution is 6.46. The molecule has 36 heavy (non-hydrogen) atoms. The molecule has 1 heterocycles. The van der Waals surface area contributed by atoms with Gasteiger partial charge in [0.05, 0.1) is 24.8 Å². The predicted octanol–water partition coefficient (Wildman–Crippen LogP) is 5.36. The highest BCUT2D eigenvalue weighted by atomic mass is 16.5. The van der Waals surface area contributed by atoms with Crippen LogP contribution < -0.4 is 9.47 Å². The third-order valence-electron chi connectivity index (χ3n) is 6.03. The molecule has 2 aromatic rings. The van der Waals surface area contributed by atoms with Crippen LogP contribution >= 0.6 is 0 Å². The Morgan fingerprint density at radius 1 is 1.00 bits per heavy atom. The summed E-state index contributed by atoms with van der Waals surface area (Å²) in [6.07, 6.45) is 2.36. The number of Topliss-reactive ketones (excluding diaryl/α,β-unsaturated/α-hetero) is 1. The molecule has 1 atom stereocenters. The largest absolute Gasteiger partial charge is 0.507 e. The molecule has 0 bridgehead atoms. The molecule has 7 heteroatoms. The van der Waals surface area contributed by atoms with Gasteiger partial charge < -0.3 is 24.2 Å². The fraction of sp³-hybridized carbons (Fsp3) is 0.448. The number of methoxy groups -OCH3 is 1. The van der Waals surface area contributed by atoms with Gasteiger partial charge in [0.2, 0.25) is 0 Å². The number of likely N-dealkylation sites (tertiary alicyclic amines) is 1. The van der Waals surface area contributed by atoms with Crippen molar-refractivity contribution in [3.63, 3.8) is 0 Å². The highest BCUT2D eigenvalue weighted by Gasteiger charge is 2.45. The number of aliphatic hydroxyl groups excluding tert-OH is 1. The van der Waals surface area contributed by atoms with Gasteiger partial charge in [-0.25, -0.2) is 0 Å². The monoisotopic (exact) mass is 495 g/mol. The maximum absolute atomic E-state index is 13.2. The van der Waals surface area contributed by atoms with Crippen LogP contribution in [0.2, 0.25) is 0 Å². The van der Waals surface area contributed by atoms with Gasteiger partial charge in [0.15, 0.2) is 0 Å². The number of nitrogens with zero attached hydrogens (tertiary/aromatic N) is 1. The van der Waals surface area contributed by atoms with Crippen LogP contribution in [0.15, 0.2) is 54.1 Å². The average molecular weight is 496 g/mol. The maximum atomic E-state index is 13.2. The van der Waals surface area contributed by atoms with Gasteiger partial charge in [-0.3, -0.25) is 9.59 Å². The first-order valence-corrected chi connectivity index (χ1v) is 12.6. The van der Waals surface area contributed by atoms with Crippen LogP contribution in [-0.4, -0.2) is 55.2 Å². The van der Waals surface area contributed by atoms with E-state index in [-0.39, 0.29) is 11.3 Å². The molecule has 2 aromatic carbocycles. The zero-order valence-corrected chi connectivity index (χ0v) is 21.7. The molecule has 194 valence electrons. The van der Waals surface area contributed by atoms with Gasteiger partial charge in [-0.2, -0.15) is 0 Å². The normalized spacial score (nSPS) is 17.1. The van der Waals surface area contributed by atoms with Crippen molar-refractivity contribution < 1.29 is 28.9 Å². The summed E-state index contributed by atoms with van der Waals surface area (Å²) >= 11 is 0. The Morgan fingerprint density at radius 2 is 1.72 bits per heavy atom. The number of aliphatic hydroxyl groups is 1. The van der Waals surface area contributed by atoms with Crippen molar-refractivity contribution >= 4 is 17.4 Å². The van der Waals surface area contributed by atoms with Crippen molar-refractivity contribution in [2.75, 3.05) is 33.5 Å². The first kappa shape index (κ1) is 27.3. The van der Waals surface area contributed by atoms with Crippen molar-refractivity contribution in [1.82, 2.24) is 4.90 Å². The molecule has 1 unspecified atom stereocenters. The average Bonchev–Trinajstić information content (AvgIpc) is 3.12. The van der Waals surface area contributed by atoms with E-state index in [1.807, 2.05) is 31.2 Å². The summed E-state index contributed by atoms with van der Waals surface area (Å²) in [6, 6.07) is 13.5. The number of amides is 1. The Labute approximate surface area is 213 Å². The molecule has 7 nitrogen and oxygen atoms in total. The molecule has 1 aliphatic heterocycles. The molecule has 0 saturated carbocycles. The van der Waals surface area contributed by atoms with Crippen LogP contribution in [0.3, 0.4) is 0 Å². The van der Waals surface area contributed by atoms with Crippen molar-refractivity contribution in [1.29, 1.82) is 0 Å². The first-order valence-electron chi connectivity index (χ1n) is 12.6. The van der Waals surface area contributed by atoms with E-state index in [9.17, 15) is 14.7 Å². The maximum Gasteiger partial charge on any atom is 0.295 e. The van der Waals surface area contributed by atoms with Crippen LogP contribution in [0.4, 0.5) is 0 Å². The minimum atomic E-state index is -0.730. The van der Waals surface area contributed by atoms with E-state index >= 15 is 0 Å². The van der Waals surface area contributed by atoms with Gasteiger partial charge >= 0.3 is 0 Å². The molecule has 1 amide bonds. The van der Waals surface area contributed by atoms with Crippen LogP contribution in [0.25, 0.3) is 5.76 Å². The summed E-state index contributed by atoms with van der Waals surface area (Å²) in [5.74, 6) is 0.309. The molecular formula is C29H37NO6. The molecule has 1 fully saturated rings. The van der Waals surface area contributed by atoms with E-state index in [0.29, 0.717) is 61.3 Å². The number of hydrogen-bond acceptors (Lipinski definition) is 6. The second-order valence-electron chi connectivity index (χ2n) is 9.32. The SMILES string of the molecule is CCCOc1ccc(C(O)=C2C(=O)C(=O)N(CCCOC)C2c2cccc(OCCC(C)C)c2)cc1. The van der Waals surface area contributed by atoms with Gasteiger partial charge in [0.25, 0.3) is 11.7 Å². The zero-order chi connectivity index (χ0) is 26.1. The molecule has 1 N–H and O–H groups in total. The standard InChI is InChI=1S/C29H37NO6/c1-5-16-35-23-12-10-21(11-13-23)27(31)25-26(30(15-7-17-34-4)29(33)28(25)32)22-8-6-9-24(19-22)36-18-14-20(2)3/h6,8-13,19-20,26,31H,5,7,14-18H2,1-4H3. The lowest BCUT2D eigenvalue weighted by Crippen LogP contribution is -2.31. The van der Waals surface area contributed by atoms with Crippen LogP contribution in [0.1, 0.15) is 57.2 Å². The van der Waals surface area contributed by atoms with Crippen LogP contribution in [0, 0.1) is 5.92 Å². The second kappa shape index (κ2) is 13.1. The first-order chi connectivity index (χ1) is 17.4. The number of ketones is 1. The van der Waals surface area contributed by atoms with Crippen LogP contribution in [-0.2, 0) is 14.3 Å². The lowest BCUT2D eigenvalue weighted by atomic mass is 9.95. The van der Waals surface area contributed by atoms with Gasteiger partial charge in [-0.05, 0) is 67.1 Å². The minimum Gasteiger partial charge on any atom is -0.507 e. The lowest BCUT2D eigenvalue weighted by Gasteiger charge is -2.25. The number of carbonyl (C=O) groups is 2. The molecule has 0 radical (unpaired) electrons. The summed E-state index contributed by atoms with van der Waals surface area (Å²) in [7, 11) is 1.59. The number of carbonyl (C=O) groups excluding carboxylic acids is 2. The van der Waals surface area contributed by atoms with Crippen molar-refractivity contribution in [2.45, 2.75) is 46.1 Å². The molecule has 0 aliphatic carbocycles. The van der Waals surface area contributed by atoms with Crippen LogP contribution in [0.5, 0.6) is 11.5 Å². The van der Waals surface area contributed by atoms with Crippen molar-refractivity contribution in [3.8, 4) is 11.5 Å². The predicted molar refractivity (Wildman–Crippen MR) is 139 cm³/mol. The molecular weight excluding hydrogens is 458 g/mol. The van der Waals surface area contributed by atoms with E-state index in [4.69, 9.17) is 14.2 Å². The zero-order valence-electron chi connectivity index (χ0n) is 21.7. The molecule has 1 saturated heterocycles. The van der Waals surface area contributed by atoms with E-state index in [1.165, 1.54) is 4.90 Å². The second-order valence-corrected chi connectivity index (χ2v) is 9.32. The van der Waals surface area contributed by atoms with E-state index in [0.717, 1.165) is 12.8 Å². The Morgan fingerprint density at radius 3 is 2.39 bits per heavy atom. The fourth-order valence-corrected chi connectivity index (χ4v) is 4.11. The Bertz CT molecular complexity index is 1060. The van der Waals surface area contributed by atoms with Gasteiger partial charge in [0, 0.05) is 25.8 Å². The minimum absolute atomic E-state index is 0.0685. The van der Waals surface area contributed by atoms with Crippen molar-refractivity contribution in [2.24, 2.45) is 5.92 Å². The van der Waals surface area contributed by atoms with E-state index in [1.54, 1.807) is 31.4 Å². The number of ether oxygens (including phenoxy) is 3.